The van der Waals surface area contributed by atoms with Gasteiger partial charge in [0, 0.05) is 17.3 Å². The van der Waals surface area contributed by atoms with Crippen LogP contribution in [0.2, 0.25) is 0 Å². The van der Waals surface area contributed by atoms with Crippen LogP contribution in [-0.2, 0) is 0 Å². The summed E-state index contributed by atoms with van der Waals surface area (Å²) in [5, 5.41) is 16.3. The first-order chi connectivity index (χ1) is 12.5. The van der Waals surface area contributed by atoms with Crippen LogP contribution in [0.3, 0.4) is 0 Å². The van der Waals surface area contributed by atoms with E-state index in [0.717, 1.165) is 22.8 Å². The molecule has 128 valence electrons. The number of nitro groups is 1. The van der Waals surface area contributed by atoms with Crippen molar-refractivity contribution in [3.8, 4) is 16.9 Å². The number of hydrogen-bond acceptors (Lipinski definition) is 5. The van der Waals surface area contributed by atoms with Crippen molar-refractivity contribution in [1.82, 2.24) is 19.7 Å². The molecule has 0 aliphatic rings. The van der Waals surface area contributed by atoms with Crippen LogP contribution >= 0.6 is 0 Å². The molecular formula is C18H13N5O3. The van der Waals surface area contributed by atoms with Crippen LogP contribution in [-0.4, -0.2) is 24.7 Å². The molecule has 0 radical (unpaired) electrons. The van der Waals surface area contributed by atoms with E-state index in [1.165, 1.54) is 6.20 Å². The summed E-state index contributed by atoms with van der Waals surface area (Å²) in [6.45, 7) is 1.89. The Kier molecular flexibility index (Phi) is 3.58. The van der Waals surface area contributed by atoms with Crippen molar-refractivity contribution < 1.29 is 4.92 Å². The summed E-state index contributed by atoms with van der Waals surface area (Å²) in [6.07, 6.45) is 4.26. The van der Waals surface area contributed by atoms with E-state index in [-0.39, 0.29) is 5.56 Å². The van der Waals surface area contributed by atoms with E-state index < -0.39 is 16.0 Å². The number of pyridine rings is 2. The summed E-state index contributed by atoms with van der Waals surface area (Å²) in [4.78, 5) is 29.8. The highest BCUT2D eigenvalue weighted by Gasteiger charge is 2.17. The first-order valence-electron chi connectivity index (χ1n) is 7.82. The van der Waals surface area contributed by atoms with E-state index in [2.05, 4.69) is 15.1 Å². The molecule has 0 saturated carbocycles. The normalized spacial score (nSPS) is 11.0. The van der Waals surface area contributed by atoms with E-state index >= 15 is 0 Å². The number of aromatic amines is 1. The van der Waals surface area contributed by atoms with Crippen molar-refractivity contribution in [2.75, 3.05) is 0 Å². The highest BCUT2D eigenvalue weighted by molar-refractivity contribution is 5.85. The Morgan fingerprint density at radius 2 is 2.04 bits per heavy atom. The Hall–Kier alpha value is -3.81. The molecule has 8 heteroatoms. The van der Waals surface area contributed by atoms with Crippen LogP contribution in [0.15, 0.2) is 59.8 Å². The number of fused-ring (bicyclic) bond motifs is 1. The summed E-state index contributed by atoms with van der Waals surface area (Å²) in [5.74, 6) is 0.658. The molecule has 3 heterocycles. The molecule has 1 aromatic carbocycles. The zero-order valence-corrected chi connectivity index (χ0v) is 13.7. The van der Waals surface area contributed by atoms with Gasteiger partial charge in [-0.05, 0) is 30.7 Å². The molecule has 0 fully saturated rings. The van der Waals surface area contributed by atoms with Crippen LogP contribution in [0.5, 0.6) is 0 Å². The van der Waals surface area contributed by atoms with Crippen molar-refractivity contribution >= 4 is 16.6 Å². The molecule has 0 saturated heterocycles. The van der Waals surface area contributed by atoms with Crippen LogP contribution < -0.4 is 5.43 Å². The Labute approximate surface area is 146 Å². The lowest BCUT2D eigenvalue weighted by Crippen LogP contribution is -2.10. The van der Waals surface area contributed by atoms with Crippen molar-refractivity contribution in [1.29, 1.82) is 0 Å². The van der Waals surface area contributed by atoms with Crippen molar-refractivity contribution in [3.05, 3.63) is 81.0 Å². The summed E-state index contributed by atoms with van der Waals surface area (Å²) in [7, 11) is 0. The van der Waals surface area contributed by atoms with Crippen molar-refractivity contribution in [2.24, 2.45) is 0 Å². The number of nitrogens with one attached hydrogen (secondary N) is 1. The van der Waals surface area contributed by atoms with Crippen LogP contribution in [0.25, 0.3) is 27.8 Å². The number of H-pyrrole nitrogens is 1. The largest absolute Gasteiger partial charge is 0.361 e. The summed E-state index contributed by atoms with van der Waals surface area (Å²) in [5.41, 5.74) is 1.29. The van der Waals surface area contributed by atoms with Crippen molar-refractivity contribution in [2.45, 2.75) is 6.92 Å². The monoisotopic (exact) mass is 347 g/mol. The maximum Gasteiger partial charge on any atom is 0.332 e. The van der Waals surface area contributed by atoms with Gasteiger partial charge in [0.05, 0.1) is 28.4 Å². The average molecular weight is 347 g/mol. The Bertz CT molecular complexity index is 1210. The van der Waals surface area contributed by atoms with Crippen LogP contribution in [0.1, 0.15) is 5.69 Å². The van der Waals surface area contributed by atoms with Gasteiger partial charge in [-0.15, -0.1) is 0 Å². The van der Waals surface area contributed by atoms with E-state index in [4.69, 9.17) is 0 Å². The van der Waals surface area contributed by atoms with Gasteiger partial charge in [0.25, 0.3) is 5.43 Å². The molecule has 0 aliphatic heterocycles. The van der Waals surface area contributed by atoms with E-state index in [1.54, 1.807) is 23.0 Å². The molecule has 26 heavy (non-hydrogen) atoms. The fourth-order valence-corrected chi connectivity index (χ4v) is 2.84. The quantitative estimate of drug-likeness (QED) is 0.453. The second-order valence-corrected chi connectivity index (χ2v) is 5.81. The molecule has 8 nitrogen and oxygen atoms in total. The summed E-state index contributed by atoms with van der Waals surface area (Å²) >= 11 is 0. The standard InChI is InChI=1S/C18H13N5O3/c1-11-3-2-4-17(21-11)22-15-7-12(5-6-13(15)8-20-22)14-9-19-10-16(18(14)24)23(25)26/h2-10H,1H3,(H,19,24). The third kappa shape index (κ3) is 2.53. The van der Waals surface area contributed by atoms with Gasteiger partial charge in [0.2, 0.25) is 0 Å². The molecule has 0 unspecified atom stereocenters. The van der Waals surface area contributed by atoms with E-state index in [1.807, 2.05) is 31.2 Å². The highest BCUT2D eigenvalue weighted by Crippen LogP contribution is 2.24. The van der Waals surface area contributed by atoms with Gasteiger partial charge >= 0.3 is 5.69 Å². The molecule has 0 bridgehead atoms. The maximum atomic E-state index is 12.4. The molecule has 0 spiro atoms. The number of aryl methyl sites for hydroxylation is 1. The molecule has 4 aromatic rings. The average Bonchev–Trinajstić information content (AvgIpc) is 3.05. The van der Waals surface area contributed by atoms with Gasteiger partial charge in [-0.25, -0.2) is 9.67 Å². The highest BCUT2D eigenvalue weighted by atomic mass is 16.6. The SMILES string of the molecule is Cc1cccc(-n2ncc3ccc(-c4c[nH]cc([N+](=O)[O-])c4=O)cc32)n1. The third-order valence-corrected chi connectivity index (χ3v) is 4.09. The van der Waals surface area contributed by atoms with E-state index in [0.29, 0.717) is 11.4 Å². The van der Waals surface area contributed by atoms with E-state index in [9.17, 15) is 14.9 Å². The Morgan fingerprint density at radius 3 is 2.81 bits per heavy atom. The molecule has 0 amide bonds. The van der Waals surface area contributed by atoms with Gasteiger partial charge in [0.15, 0.2) is 5.82 Å². The first kappa shape index (κ1) is 15.7. The second kappa shape index (κ2) is 5.92. The second-order valence-electron chi connectivity index (χ2n) is 5.81. The Balaban J connectivity index is 1.92. The zero-order valence-electron chi connectivity index (χ0n) is 13.7. The molecule has 1 N–H and O–H groups in total. The number of hydrogen-bond donors (Lipinski definition) is 1. The zero-order chi connectivity index (χ0) is 18.3. The fourth-order valence-electron chi connectivity index (χ4n) is 2.84. The first-order valence-corrected chi connectivity index (χ1v) is 7.82. The maximum absolute atomic E-state index is 12.4. The van der Waals surface area contributed by atoms with Crippen LogP contribution in [0.4, 0.5) is 5.69 Å². The summed E-state index contributed by atoms with van der Waals surface area (Å²) in [6, 6.07) is 11.0. The predicted molar refractivity (Wildman–Crippen MR) is 96.3 cm³/mol. The minimum absolute atomic E-state index is 0.228. The number of rotatable bonds is 3. The summed E-state index contributed by atoms with van der Waals surface area (Å²) < 4.78 is 1.68. The van der Waals surface area contributed by atoms with Gasteiger partial charge in [-0.3, -0.25) is 14.9 Å². The lowest BCUT2D eigenvalue weighted by atomic mass is 10.1. The smallest absolute Gasteiger partial charge is 0.332 e. The van der Waals surface area contributed by atoms with Crippen LogP contribution in [0, 0.1) is 17.0 Å². The van der Waals surface area contributed by atoms with Gasteiger partial charge in [-0.2, -0.15) is 5.10 Å². The lowest BCUT2D eigenvalue weighted by molar-refractivity contribution is -0.386. The molecule has 3 aromatic heterocycles. The van der Waals surface area contributed by atoms with Gasteiger partial charge in [0.1, 0.15) is 0 Å². The predicted octanol–water partition coefficient (Wildman–Crippen LogP) is 2.99. The molecule has 4 rings (SSSR count). The number of nitrogens with zero attached hydrogens (tertiary/aromatic N) is 4. The van der Waals surface area contributed by atoms with Gasteiger partial charge in [-0.1, -0.05) is 18.2 Å². The lowest BCUT2D eigenvalue weighted by Gasteiger charge is -2.05. The molecular weight excluding hydrogens is 334 g/mol. The topological polar surface area (TPSA) is 107 Å². The fraction of sp³-hybridized carbons (Fsp3) is 0.0556. The number of aromatic nitrogens is 4. The molecule has 0 atom stereocenters. The minimum Gasteiger partial charge on any atom is -0.361 e. The minimum atomic E-state index is -0.693. The van der Waals surface area contributed by atoms with Crippen molar-refractivity contribution in [3.63, 3.8) is 0 Å². The third-order valence-electron chi connectivity index (χ3n) is 4.09. The Morgan fingerprint density at radius 1 is 1.19 bits per heavy atom. The van der Waals surface area contributed by atoms with Gasteiger partial charge < -0.3 is 4.98 Å². The molecule has 0 aliphatic carbocycles. The number of benzene rings is 1.